The maximum Gasteiger partial charge on any atom is 0.134 e. The van der Waals surface area contributed by atoms with Gasteiger partial charge in [0, 0.05) is 17.7 Å². The van der Waals surface area contributed by atoms with Gasteiger partial charge in [-0.15, -0.1) is 0 Å². The Morgan fingerprint density at radius 3 is 2.49 bits per heavy atom. The first-order valence-electron chi connectivity index (χ1n) is 14.1. The zero-order valence-electron chi connectivity index (χ0n) is 22.8. The highest BCUT2D eigenvalue weighted by Crippen LogP contribution is 2.40. The minimum atomic E-state index is -0.588. The molecule has 5 nitrogen and oxygen atoms in total. The molecule has 2 aliphatic heterocycles. The summed E-state index contributed by atoms with van der Waals surface area (Å²) in [5.41, 5.74) is 7.85. The van der Waals surface area contributed by atoms with Crippen molar-refractivity contribution in [1.82, 2.24) is 19.8 Å². The number of benzene rings is 4. The maximum atomic E-state index is 14.5. The van der Waals surface area contributed by atoms with Crippen molar-refractivity contribution < 1.29 is 9.50 Å². The van der Waals surface area contributed by atoms with E-state index in [1.807, 2.05) is 29.2 Å². The van der Waals surface area contributed by atoms with Crippen LogP contribution in [0.1, 0.15) is 52.9 Å². The first-order valence-corrected chi connectivity index (χ1v) is 14.5. The van der Waals surface area contributed by atoms with E-state index in [0.717, 1.165) is 46.4 Å². The molecule has 41 heavy (non-hydrogen) atoms. The first kappa shape index (κ1) is 25.9. The number of nitrogens with zero attached hydrogens (tertiary/aromatic N) is 3. The molecular weight excluding hydrogens is 531 g/mol. The Labute approximate surface area is 244 Å². The van der Waals surface area contributed by atoms with Crippen LogP contribution in [0.5, 0.6) is 5.75 Å². The highest BCUT2D eigenvalue weighted by atomic mass is 32.1. The molecule has 206 valence electrons. The molecule has 1 fully saturated rings. The number of H-pyrrole nitrogens is 1. The number of nitrogens with one attached hydrogen (secondary N) is 1. The van der Waals surface area contributed by atoms with Crippen LogP contribution < -0.4 is 0 Å². The topological polar surface area (TPSA) is 55.4 Å². The number of aromatic nitrogens is 2. The van der Waals surface area contributed by atoms with Crippen molar-refractivity contribution in [3.05, 3.63) is 119 Å². The van der Waals surface area contributed by atoms with E-state index < -0.39 is 11.9 Å². The molecule has 0 bridgehead atoms. The Hall–Kier alpha value is -4.07. The van der Waals surface area contributed by atoms with Gasteiger partial charge < -0.3 is 19.9 Å². The lowest BCUT2D eigenvalue weighted by Gasteiger charge is -2.29. The van der Waals surface area contributed by atoms with Crippen LogP contribution in [0.3, 0.4) is 0 Å². The summed E-state index contributed by atoms with van der Waals surface area (Å²) in [7, 11) is 2.19. The van der Waals surface area contributed by atoms with Crippen molar-refractivity contribution in [3.8, 4) is 16.9 Å². The minimum absolute atomic E-state index is 0.000928. The molecule has 3 heterocycles. The number of para-hydroxylation sites is 2. The van der Waals surface area contributed by atoms with Crippen LogP contribution in [0, 0.1) is 5.82 Å². The zero-order valence-corrected chi connectivity index (χ0v) is 23.7. The molecule has 0 saturated carbocycles. The van der Waals surface area contributed by atoms with Gasteiger partial charge in [-0.3, -0.25) is 0 Å². The van der Waals surface area contributed by atoms with E-state index >= 15 is 0 Å². The Bertz CT molecular complexity index is 1720. The van der Waals surface area contributed by atoms with Crippen molar-refractivity contribution in [3.63, 3.8) is 0 Å². The number of phenolic OH excluding ortho intramolecular Hbond substituents is 1. The summed E-state index contributed by atoms with van der Waals surface area (Å²) in [5, 5.41) is 10.8. The fraction of sp³-hybridized carbons (Fsp3) is 0.235. The van der Waals surface area contributed by atoms with Crippen LogP contribution in [-0.2, 0) is 6.54 Å². The van der Waals surface area contributed by atoms with E-state index in [-0.39, 0.29) is 5.75 Å². The number of likely N-dealkylation sites (tertiary alicyclic amines) is 1. The van der Waals surface area contributed by atoms with Gasteiger partial charge in [0.05, 0.1) is 11.0 Å². The van der Waals surface area contributed by atoms with Crippen molar-refractivity contribution in [2.75, 3.05) is 20.1 Å². The highest BCUT2D eigenvalue weighted by Gasteiger charge is 2.35. The van der Waals surface area contributed by atoms with Gasteiger partial charge in [0.1, 0.15) is 28.4 Å². The number of thiocarbonyl (C=S) groups is 1. The van der Waals surface area contributed by atoms with Gasteiger partial charge in [0.25, 0.3) is 0 Å². The quantitative estimate of drug-likeness (QED) is 0.223. The average molecular weight is 563 g/mol. The van der Waals surface area contributed by atoms with Crippen molar-refractivity contribution in [2.45, 2.75) is 31.3 Å². The van der Waals surface area contributed by atoms with Gasteiger partial charge in [-0.05, 0) is 97.5 Å². The van der Waals surface area contributed by atoms with E-state index in [0.29, 0.717) is 28.8 Å². The maximum absolute atomic E-state index is 14.5. The molecule has 0 aliphatic carbocycles. The number of imidazole rings is 1. The second-order valence-electron chi connectivity index (χ2n) is 11.2. The Balaban J connectivity index is 1.22. The number of fused-ring (bicyclic) bond motifs is 2. The molecule has 0 radical (unpaired) electrons. The summed E-state index contributed by atoms with van der Waals surface area (Å²) < 4.78 is 14.5. The number of hydrogen-bond acceptors (Lipinski definition) is 4. The summed E-state index contributed by atoms with van der Waals surface area (Å²) in [6.45, 7) is 2.82. The summed E-state index contributed by atoms with van der Waals surface area (Å²) >= 11 is 6.06. The van der Waals surface area contributed by atoms with Crippen LogP contribution in [-0.4, -0.2) is 50.0 Å². The molecule has 1 atom stereocenters. The number of hydrogen-bond donors (Lipinski definition) is 2. The number of piperidine rings is 1. The fourth-order valence-corrected chi connectivity index (χ4v) is 6.67. The van der Waals surface area contributed by atoms with Crippen LogP contribution in [0.4, 0.5) is 4.39 Å². The van der Waals surface area contributed by atoms with Gasteiger partial charge in [-0.1, -0.05) is 60.7 Å². The molecule has 0 spiro atoms. The van der Waals surface area contributed by atoms with Gasteiger partial charge in [-0.2, -0.15) is 0 Å². The fourth-order valence-electron chi connectivity index (χ4n) is 6.31. The Kier molecular flexibility index (Phi) is 6.56. The molecule has 1 aromatic heterocycles. The summed E-state index contributed by atoms with van der Waals surface area (Å²) in [6.07, 6.45) is 2.40. The molecular formula is C34H31FN4OS. The Morgan fingerprint density at radius 2 is 1.71 bits per heavy atom. The number of rotatable bonds is 5. The second kappa shape index (κ2) is 10.4. The number of phenols is 1. The predicted molar refractivity (Wildman–Crippen MR) is 165 cm³/mol. The lowest BCUT2D eigenvalue weighted by Crippen LogP contribution is -2.30. The van der Waals surface area contributed by atoms with Gasteiger partial charge in [0.15, 0.2) is 0 Å². The smallest absolute Gasteiger partial charge is 0.134 e. The predicted octanol–water partition coefficient (Wildman–Crippen LogP) is 7.16. The molecule has 2 aliphatic rings. The average Bonchev–Trinajstić information content (AvgIpc) is 3.56. The zero-order chi connectivity index (χ0) is 28.1. The van der Waals surface area contributed by atoms with Gasteiger partial charge in [-0.25, -0.2) is 9.37 Å². The third kappa shape index (κ3) is 4.79. The Morgan fingerprint density at radius 1 is 0.951 bits per heavy atom. The molecule has 1 saturated heterocycles. The molecule has 4 aromatic carbocycles. The minimum Gasteiger partial charge on any atom is -0.508 e. The van der Waals surface area contributed by atoms with E-state index in [1.165, 1.54) is 36.6 Å². The van der Waals surface area contributed by atoms with Gasteiger partial charge >= 0.3 is 0 Å². The molecule has 7 rings (SSSR count). The van der Waals surface area contributed by atoms with Gasteiger partial charge in [0.2, 0.25) is 0 Å². The molecule has 0 unspecified atom stereocenters. The van der Waals surface area contributed by atoms with Crippen LogP contribution in [0.15, 0.2) is 84.9 Å². The largest absolute Gasteiger partial charge is 0.508 e. The number of halogens is 1. The van der Waals surface area contributed by atoms with Crippen LogP contribution in [0.25, 0.3) is 22.2 Å². The van der Waals surface area contributed by atoms with E-state index in [4.69, 9.17) is 17.2 Å². The summed E-state index contributed by atoms with van der Waals surface area (Å²) in [6, 6.07) is 26.6. The van der Waals surface area contributed by atoms with E-state index in [1.54, 1.807) is 0 Å². The van der Waals surface area contributed by atoms with Crippen molar-refractivity contribution in [2.24, 2.45) is 0 Å². The monoisotopic (exact) mass is 562 g/mol. The van der Waals surface area contributed by atoms with Crippen molar-refractivity contribution in [1.29, 1.82) is 0 Å². The molecule has 5 aromatic rings. The first-order chi connectivity index (χ1) is 19.9. The van der Waals surface area contributed by atoms with E-state index in [9.17, 15) is 9.50 Å². The third-order valence-electron chi connectivity index (χ3n) is 8.64. The second-order valence-corrected chi connectivity index (χ2v) is 11.6. The van der Waals surface area contributed by atoms with Crippen LogP contribution in [0.2, 0.25) is 0 Å². The lowest BCUT2D eigenvalue weighted by molar-refractivity contribution is 0.255. The highest BCUT2D eigenvalue weighted by molar-refractivity contribution is 7.80. The van der Waals surface area contributed by atoms with Crippen molar-refractivity contribution >= 4 is 28.2 Å². The lowest BCUT2D eigenvalue weighted by atomic mass is 9.88. The summed E-state index contributed by atoms with van der Waals surface area (Å²) in [4.78, 5) is 13.3. The number of aromatic hydroxyl groups is 1. The summed E-state index contributed by atoms with van der Waals surface area (Å²) in [5.74, 6) is 0.802. The molecule has 0 amide bonds. The van der Waals surface area contributed by atoms with E-state index in [2.05, 4.69) is 59.4 Å². The standard InChI is InChI=1S/C34H31FN4OS/c1-38-16-14-23(15-17-38)21-6-8-22(9-7-21)24-10-11-25-20-39(34(41)27(25)18-24)32(28-19-26(35)12-13-31(28)40)33-36-29-4-2-3-5-30(29)37-33/h2-13,18-19,23,32,40H,14-17,20H2,1H3,(H,36,37)/t32-/m0/s1. The SMILES string of the molecule is CN1CCC(c2ccc(-c3ccc4c(c3)C(=S)N([C@H](c3nc5ccccc5[nH]3)c3cc(F)ccc3O)C4)cc2)CC1. The molecule has 2 N–H and O–H groups in total. The third-order valence-corrected chi connectivity index (χ3v) is 9.09. The normalized spacial score (nSPS) is 16.8. The van der Waals surface area contributed by atoms with Crippen LogP contribution >= 0.6 is 12.2 Å². The number of aromatic amines is 1. The molecule has 7 heteroatoms.